The van der Waals surface area contributed by atoms with E-state index in [1.54, 1.807) is 49.3 Å². The Morgan fingerprint density at radius 2 is 1.83 bits per heavy atom. The van der Waals surface area contributed by atoms with Crippen molar-refractivity contribution in [3.05, 3.63) is 49.7 Å². The molecule has 0 bridgehead atoms. The fourth-order valence-electron chi connectivity index (χ4n) is 3.42. The summed E-state index contributed by atoms with van der Waals surface area (Å²) in [5.74, 6) is -0.597. The molecule has 9 heteroatoms. The van der Waals surface area contributed by atoms with Crippen molar-refractivity contribution in [2.75, 3.05) is 6.61 Å². The molecule has 2 heterocycles. The van der Waals surface area contributed by atoms with Crippen LogP contribution in [0, 0.1) is 3.57 Å². The Balaban J connectivity index is 2.13. The van der Waals surface area contributed by atoms with Crippen LogP contribution in [0.5, 0.6) is 0 Å². The summed E-state index contributed by atoms with van der Waals surface area (Å²) >= 11 is 2.18. The summed E-state index contributed by atoms with van der Waals surface area (Å²) in [7, 11) is 0. The Kier molecular flexibility index (Phi) is 6.30. The van der Waals surface area contributed by atoms with Gasteiger partial charge in [-0.2, -0.15) is 0 Å². The topological polar surface area (TPSA) is 82.8 Å². The summed E-state index contributed by atoms with van der Waals surface area (Å²) in [6, 6.07) is 7.03. The maximum Gasteiger partial charge on any atom is 0.410 e. The van der Waals surface area contributed by atoms with Gasteiger partial charge in [0.25, 0.3) is 0 Å². The van der Waals surface area contributed by atoms with Gasteiger partial charge in [-0.1, -0.05) is 0 Å². The highest BCUT2D eigenvalue weighted by molar-refractivity contribution is 14.1. The third-order valence-electron chi connectivity index (χ3n) is 4.73. The Hall–Kier alpha value is -2.30. The van der Waals surface area contributed by atoms with E-state index in [2.05, 4.69) is 22.6 Å². The number of carbonyl (C=O) groups excluding carboxylic acids is 2. The van der Waals surface area contributed by atoms with Crippen molar-refractivity contribution in [1.29, 1.82) is 0 Å². The van der Waals surface area contributed by atoms with Crippen molar-refractivity contribution < 1.29 is 19.1 Å². The summed E-state index contributed by atoms with van der Waals surface area (Å²) in [6.45, 7) is 9.48. The number of carbonyl (C=O) groups is 2. The number of benzene rings is 1. The van der Waals surface area contributed by atoms with Gasteiger partial charge in [-0.05, 0) is 81.5 Å². The lowest BCUT2D eigenvalue weighted by molar-refractivity contribution is 0.00925. The van der Waals surface area contributed by atoms with Crippen LogP contribution < -0.4 is 5.69 Å². The molecule has 0 saturated carbocycles. The molecule has 0 spiro atoms. The normalized spacial score (nSPS) is 16.2. The summed E-state index contributed by atoms with van der Waals surface area (Å²) in [5, 5.41) is 0. The molecular weight excluding hydrogens is 501 g/mol. The lowest BCUT2D eigenvalue weighted by Gasteiger charge is -2.35. The lowest BCUT2D eigenvalue weighted by atomic mass is 10.1. The van der Waals surface area contributed by atoms with E-state index >= 15 is 0 Å². The van der Waals surface area contributed by atoms with Crippen LogP contribution in [0.4, 0.5) is 4.79 Å². The van der Waals surface area contributed by atoms with E-state index in [-0.39, 0.29) is 37.1 Å². The summed E-state index contributed by atoms with van der Waals surface area (Å²) in [5.41, 5.74) is 0.182. The zero-order valence-electron chi connectivity index (χ0n) is 17.8. The van der Waals surface area contributed by atoms with E-state index < -0.39 is 17.7 Å². The van der Waals surface area contributed by atoms with Crippen molar-refractivity contribution in [1.82, 2.24) is 14.0 Å². The first kappa shape index (κ1) is 22.4. The van der Waals surface area contributed by atoms with Crippen LogP contribution in [-0.2, 0) is 22.6 Å². The Labute approximate surface area is 188 Å². The molecule has 1 atom stereocenters. The number of aromatic nitrogens is 2. The fraction of sp³-hybridized carbons (Fsp3) is 0.476. The molecule has 1 unspecified atom stereocenters. The summed E-state index contributed by atoms with van der Waals surface area (Å²) in [6.07, 6.45) is -0.481. The van der Waals surface area contributed by atoms with E-state index in [9.17, 15) is 14.4 Å². The summed E-state index contributed by atoms with van der Waals surface area (Å²) < 4.78 is 14.7. The van der Waals surface area contributed by atoms with Gasteiger partial charge < -0.3 is 9.47 Å². The van der Waals surface area contributed by atoms with Crippen LogP contribution >= 0.6 is 22.6 Å². The largest absolute Gasteiger partial charge is 0.461 e. The number of esters is 1. The number of nitrogens with zero attached hydrogens (tertiary/aromatic N) is 3. The van der Waals surface area contributed by atoms with E-state index in [1.807, 2.05) is 19.1 Å². The molecule has 30 heavy (non-hydrogen) atoms. The zero-order chi connectivity index (χ0) is 22.2. The maximum atomic E-state index is 13.3. The number of hydrogen-bond donors (Lipinski definition) is 0. The third-order valence-corrected chi connectivity index (χ3v) is 5.44. The van der Waals surface area contributed by atoms with Gasteiger partial charge in [-0.3, -0.25) is 14.0 Å². The van der Waals surface area contributed by atoms with Gasteiger partial charge >= 0.3 is 17.8 Å². The van der Waals surface area contributed by atoms with E-state index in [0.29, 0.717) is 11.4 Å². The second-order valence-electron chi connectivity index (χ2n) is 8.18. The van der Waals surface area contributed by atoms with Gasteiger partial charge in [-0.15, -0.1) is 0 Å². The molecule has 8 nitrogen and oxygen atoms in total. The average molecular weight is 527 g/mol. The molecular formula is C21H26IN3O5. The predicted molar refractivity (Wildman–Crippen MR) is 120 cm³/mol. The first-order chi connectivity index (χ1) is 14.0. The molecule has 1 aliphatic rings. The fourth-order valence-corrected chi connectivity index (χ4v) is 3.78. The summed E-state index contributed by atoms with van der Waals surface area (Å²) in [4.78, 5) is 40.4. The molecule has 2 aromatic rings. The molecule has 1 aromatic heterocycles. The second kappa shape index (κ2) is 8.44. The van der Waals surface area contributed by atoms with Gasteiger partial charge in [0.1, 0.15) is 5.60 Å². The Morgan fingerprint density at radius 3 is 2.40 bits per heavy atom. The SMILES string of the molecule is CCOC(=O)c1c2n(c(=O)n1-c1ccc(I)cc1)CC(C)N(C(=O)OC(C)(C)C)C2. The predicted octanol–water partition coefficient (Wildman–Crippen LogP) is 3.56. The minimum atomic E-state index is -0.648. The average Bonchev–Trinajstić information content (AvgIpc) is 2.92. The molecule has 0 saturated heterocycles. The van der Waals surface area contributed by atoms with Crippen LogP contribution in [0.15, 0.2) is 29.1 Å². The highest BCUT2D eigenvalue weighted by Crippen LogP contribution is 2.25. The van der Waals surface area contributed by atoms with Crippen molar-refractivity contribution >= 4 is 34.7 Å². The van der Waals surface area contributed by atoms with Gasteiger partial charge in [0.2, 0.25) is 0 Å². The first-order valence-corrected chi connectivity index (χ1v) is 10.9. The van der Waals surface area contributed by atoms with Crippen molar-refractivity contribution in [2.45, 2.75) is 59.4 Å². The number of hydrogen-bond acceptors (Lipinski definition) is 5. The third kappa shape index (κ3) is 4.40. The van der Waals surface area contributed by atoms with E-state index in [4.69, 9.17) is 9.47 Å². The zero-order valence-corrected chi connectivity index (χ0v) is 19.9. The number of fused-ring (bicyclic) bond motifs is 1. The van der Waals surface area contributed by atoms with Gasteiger partial charge in [0.05, 0.1) is 30.6 Å². The van der Waals surface area contributed by atoms with Crippen molar-refractivity contribution in [3.63, 3.8) is 0 Å². The van der Waals surface area contributed by atoms with E-state index in [1.165, 1.54) is 4.57 Å². The highest BCUT2D eigenvalue weighted by atomic mass is 127. The molecule has 1 amide bonds. The van der Waals surface area contributed by atoms with Gasteiger partial charge in [-0.25, -0.2) is 14.4 Å². The monoisotopic (exact) mass is 527 g/mol. The smallest absolute Gasteiger partial charge is 0.410 e. The number of amides is 1. The quantitative estimate of drug-likeness (QED) is 0.451. The molecule has 0 N–H and O–H groups in total. The van der Waals surface area contributed by atoms with Crippen LogP contribution in [0.3, 0.4) is 0 Å². The van der Waals surface area contributed by atoms with Crippen molar-refractivity contribution in [2.24, 2.45) is 0 Å². The van der Waals surface area contributed by atoms with Crippen LogP contribution in [0.25, 0.3) is 5.69 Å². The second-order valence-corrected chi connectivity index (χ2v) is 9.42. The van der Waals surface area contributed by atoms with E-state index in [0.717, 1.165) is 3.57 Å². The van der Waals surface area contributed by atoms with Crippen molar-refractivity contribution in [3.8, 4) is 5.69 Å². The molecule has 162 valence electrons. The van der Waals surface area contributed by atoms with Crippen LogP contribution in [0.2, 0.25) is 0 Å². The Morgan fingerprint density at radius 1 is 1.20 bits per heavy atom. The molecule has 0 radical (unpaired) electrons. The number of ether oxygens (including phenoxy) is 2. The maximum absolute atomic E-state index is 13.3. The van der Waals surface area contributed by atoms with Gasteiger partial charge in [0, 0.05) is 10.1 Å². The number of imidazole rings is 1. The molecule has 1 aromatic carbocycles. The molecule has 0 fully saturated rings. The molecule has 3 rings (SSSR count). The highest BCUT2D eigenvalue weighted by Gasteiger charge is 2.37. The minimum absolute atomic E-state index is 0.0802. The number of halogens is 1. The van der Waals surface area contributed by atoms with Gasteiger partial charge in [0.15, 0.2) is 5.69 Å². The lowest BCUT2D eigenvalue weighted by Crippen LogP contribution is -2.48. The minimum Gasteiger partial charge on any atom is -0.461 e. The first-order valence-electron chi connectivity index (χ1n) is 9.80. The number of rotatable bonds is 3. The molecule has 1 aliphatic heterocycles. The van der Waals surface area contributed by atoms with Crippen LogP contribution in [-0.4, -0.2) is 44.3 Å². The standard InChI is InChI=1S/C21H26IN3O5/c1-6-29-18(26)17-16-12-23(20(28)30-21(3,4)5)13(2)11-24(16)19(27)25(17)15-9-7-14(22)8-10-15/h7-10,13H,6,11-12H2,1-5H3. The molecule has 0 aliphatic carbocycles. The van der Waals surface area contributed by atoms with Crippen LogP contribution in [0.1, 0.15) is 50.8 Å². The Bertz CT molecular complexity index is 1020.